The molecule has 1 aromatic rings. The summed E-state index contributed by atoms with van der Waals surface area (Å²) in [5.41, 5.74) is 2.16. The summed E-state index contributed by atoms with van der Waals surface area (Å²) < 4.78 is 0. The summed E-state index contributed by atoms with van der Waals surface area (Å²) in [6.07, 6.45) is -0.131. The Morgan fingerprint density at radius 3 is 2.54 bits per heavy atom. The van der Waals surface area contributed by atoms with Crippen LogP contribution in [0.2, 0.25) is 0 Å². The zero-order valence-electron chi connectivity index (χ0n) is 7.66. The second kappa shape index (κ2) is 3.47. The van der Waals surface area contributed by atoms with Gasteiger partial charge in [0.2, 0.25) is 0 Å². The molecule has 0 bridgehead atoms. The maximum atomic E-state index is 10.4. The highest BCUT2D eigenvalue weighted by Gasteiger charge is 2.08. The van der Waals surface area contributed by atoms with E-state index in [-0.39, 0.29) is 12.2 Å². The second-order valence-electron chi connectivity index (χ2n) is 3.16. The number of aliphatic carboxylic acids is 1. The van der Waals surface area contributed by atoms with Crippen molar-refractivity contribution in [3.8, 4) is 5.75 Å². The number of carboxylic acid groups (broad SMARTS) is 1. The first-order valence-corrected chi connectivity index (χ1v) is 4.01. The maximum Gasteiger partial charge on any atom is 0.307 e. The molecule has 0 aliphatic carbocycles. The van der Waals surface area contributed by atoms with Crippen LogP contribution in [0.3, 0.4) is 0 Å². The minimum atomic E-state index is -0.930. The second-order valence-corrected chi connectivity index (χ2v) is 3.16. The number of phenolic OH excluding ortho intramolecular Hbond substituents is 1. The number of benzene rings is 1. The van der Waals surface area contributed by atoms with Gasteiger partial charge in [-0.1, -0.05) is 17.7 Å². The van der Waals surface area contributed by atoms with Crippen LogP contribution in [0, 0.1) is 13.8 Å². The molecule has 0 aliphatic heterocycles. The van der Waals surface area contributed by atoms with E-state index in [4.69, 9.17) is 5.11 Å². The van der Waals surface area contributed by atoms with Crippen molar-refractivity contribution in [3.63, 3.8) is 0 Å². The van der Waals surface area contributed by atoms with E-state index in [1.807, 2.05) is 13.0 Å². The summed E-state index contributed by atoms with van der Waals surface area (Å²) in [6.45, 7) is 3.63. The Kier molecular flexibility index (Phi) is 2.56. The third kappa shape index (κ3) is 2.21. The Hall–Kier alpha value is -1.51. The number of aromatic hydroxyl groups is 1. The normalized spacial score (nSPS) is 10.0. The van der Waals surface area contributed by atoms with Gasteiger partial charge in [0.25, 0.3) is 0 Å². The lowest BCUT2D eigenvalue weighted by atomic mass is 10.0. The third-order valence-corrected chi connectivity index (χ3v) is 1.87. The summed E-state index contributed by atoms with van der Waals surface area (Å²) in [4.78, 5) is 10.4. The van der Waals surface area contributed by atoms with E-state index in [0.29, 0.717) is 5.56 Å². The largest absolute Gasteiger partial charge is 0.507 e. The zero-order valence-corrected chi connectivity index (χ0v) is 7.66. The fourth-order valence-electron chi connectivity index (χ4n) is 1.35. The fourth-order valence-corrected chi connectivity index (χ4v) is 1.35. The molecule has 3 nitrogen and oxygen atoms in total. The molecular weight excluding hydrogens is 168 g/mol. The zero-order chi connectivity index (χ0) is 10.0. The Morgan fingerprint density at radius 1 is 1.38 bits per heavy atom. The summed E-state index contributed by atoms with van der Waals surface area (Å²) >= 11 is 0. The monoisotopic (exact) mass is 180 g/mol. The molecule has 0 atom stereocenters. The molecule has 0 fully saturated rings. The predicted molar refractivity (Wildman–Crippen MR) is 48.9 cm³/mol. The predicted octanol–water partition coefficient (Wildman–Crippen LogP) is 1.64. The topological polar surface area (TPSA) is 57.5 Å². The molecule has 3 heteroatoms. The first-order valence-electron chi connectivity index (χ1n) is 4.01. The fraction of sp³-hybridized carbons (Fsp3) is 0.300. The molecule has 0 aromatic heterocycles. The summed E-state index contributed by atoms with van der Waals surface area (Å²) in [6, 6.07) is 3.51. The molecule has 0 amide bonds. The molecule has 13 heavy (non-hydrogen) atoms. The number of aryl methyl sites for hydroxylation is 2. The average Bonchev–Trinajstić information content (AvgIpc) is 1.98. The molecule has 0 aliphatic rings. The SMILES string of the molecule is Cc1cc(C)c(O)c(CC(=O)O)c1. The summed E-state index contributed by atoms with van der Waals surface area (Å²) in [5, 5.41) is 18.1. The lowest BCUT2D eigenvalue weighted by Crippen LogP contribution is -2.01. The first-order chi connectivity index (χ1) is 6.00. The van der Waals surface area contributed by atoms with E-state index in [9.17, 15) is 9.90 Å². The van der Waals surface area contributed by atoms with Crippen LogP contribution in [0.25, 0.3) is 0 Å². The maximum absolute atomic E-state index is 10.4. The third-order valence-electron chi connectivity index (χ3n) is 1.87. The Bertz CT molecular complexity index is 342. The van der Waals surface area contributed by atoms with Crippen LogP contribution in [0.4, 0.5) is 0 Å². The van der Waals surface area contributed by atoms with Gasteiger partial charge in [0, 0.05) is 5.56 Å². The average molecular weight is 180 g/mol. The van der Waals surface area contributed by atoms with Crippen molar-refractivity contribution in [1.29, 1.82) is 0 Å². The van der Waals surface area contributed by atoms with E-state index < -0.39 is 5.97 Å². The van der Waals surface area contributed by atoms with Gasteiger partial charge in [0.1, 0.15) is 5.75 Å². The van der Waals surface area contributed by atoms with Crippen molar-refractivity contribution in [3.05, 3.63) is 28.8 Å². The van der Waals surface area contributed by atoms with Crippen LogP contribution in [-0.4, -0.2) is 16.2 Å². The van der Waals surface area contributed by atoms with E-state index in [0.717, 1.165) is 11.1 Å². The smallest absolute Gasteiger partial charge is 0.307 e. The van der Waals surface area contributed by atoms with Crippen LogP contribution in [0.5, 0.6) is 5.75 Å². The molecule has 1 aromatic carbocycles. The number of rotatable bonds is 2. The number of phenols is 1. The van der Waals surface area contributed by atoms with Gasteiger partial charge in [0.05, 0.1) is 6.42 Å². The first kappa shape index (κ1) is 9.58. The van der Waals surface area contributed by atoms with Crippen molar-refractivity contribution in [1.82, 2.24) is 0 Å². The molecule has 0 heterocycles. The van der Waals surface area contributed by atoms with Crippen LogP contribution in [-0.2, 0) is 11.2 Å². The lowest BCUT2D eigenvalue weighted by molar-refractivity contribution is -0.136. The molecule has 0 radical (unpaired) electrons. The molecule has 0 spiro atoms. The minimum Gasteiger partial charge on any atom is -0.507 e. The molecule has 0 saturated carbocycles. The van der Waals surface area contributed by atoms with Gasteiger partial charge in [-0.25, -0.2) is 0 Å². The summed E-state index contributed by atoms with van der Waals surface area (Å²) in [7, 11) is 0. The molecule has 1 rings (SSSR count). The highest BCUT2D eigenvalue weighted by atomic mass is 16.4. The minimum absolute atomic E-state index is 0.0907. The standard InChI is InChI=1S/C10H12O3/c1-6-3-7(2)10(13)8(4-6)5-9(11)12/h3-4,13H,5H2,1-2H3,(H,11,12). The lowest BCUT2D eigenvalue weighted by Gasteiger charge is -2.06. The van der Waals surface area contributed by atoms with Gasteiger partial charge >= 0.3 is 5.97 Å². The molecule has 2 N–H and O–H groups in total. The van der Waals surface area contributed by atoms with Crippen LogP contribution < -0.4 is 0 Å². The van der Waals surface area contributed by atoms with Gasteiger partial charge in [-0.2, -0.15) is 0 Å². The van der Waals surface area contributed by atoms with Crippen molar-refractivity contribution in [2.75, 3.05) is 0 Å². The number of hydrogen-bond acceptors (Lipinski definition) is 2. The van der Waals surface area contributed by atoms with Crippen molar-refractivity contribution < 1.29 is 15.0 Å². The Balaban J connectivity index is 3.12. The summed E-state index contributed by atoms with van der Waals surface area (Å²) in [5.74, 6) is -0.840. The van der Waals surface area contributed by atoms with E-state index in [1.54, 1.807) is 13.0 Å². The molecule has 0 unspecified atom stereocenters. The van der Waals surface area contributed by atoms with Gasteiger partial charge in [-0.15, -0.1) is 0 Å². The number of carbonyl (C=O) groups is 1. The number of carboxylic acids is 1. The van der Waals surface area contributed by atoms with Crippen molar-refractivity contribution in [2.24, 2.45) is 0 Å². The van der Waals surface area contributed by atoms with Gasteiger partial charge in [0.15, 0.2) is 0 Å². The van der Waals surface area contributed by atoms with Crippen LogP contribution in [0.15, 0.2) is 12.1 Å². The molecule has 0 saturated heterocycles. The highest BCUT2D eigenvalue weighted by Crippen LogP contribution is 2.23. The van der Waals surface area contributed by atoms with Crippen molar-refractivity contribution in [2.45, 2.75) is 20.3 Å². The highest BCUT2D eigenvalue weighted by molar-refractivity contribution is 5.71. The molecule has 70 valence electrons. The quantitative estimate of drug-likeness (QED) is 0.727. The number of hydrogen-bond donors (Lipinski definition) is 2. The van der Waals surface area contributed by atoms with Gasteiger partial charge in [-0.05, 0) is 19.4 Å². The van der Waals surface area contributed by atoms with E-state index in [2.05, 4.69) is 0 Å². The Morgan fingerprint density at radius 2 is 2.00 bits per heavy atom. The van der Waals surface area contributed by atoms with Crippen LogP contribution in [0.1, 0.15) is 16.7 Å². The van der Waals surface area contributed by atoms with E-state index >= 15 is 0 Å². The Labute approximate surface area is 76.6 Å². The van der Waals surface area contributed by atoms with Gasteiger partial charge in [-0.3, -0.25) is 4.79 Å². The van der Waals surface area contributed by atoms with E-state index in [1.165, 1.54) is 0 Å². The molecular formula is C10H12O3. The van der Waals surface area contributed by atoms with Gasteiger partial charge < -0.3 is 10.2 Å². The van der Waals surface area contributed by atoms with Crippen LogP contribution >= 0.6 is 0 Å². The van der Waals surface area contributed by atoms with Crippen molar-refractivity contribution >= 4 is 5.97 Å².